The fourth-order valence-electron chi connectivity index (χ4n) is 3.33. The second-order valence-electron chi connectivity index (χ2n) is 7.03. The summed E-state index contributed by atoms with van der Waals surface area (Å²) < 4.78 is 0. The number of nitrogens with two attached hydrogens (primary N) is 1. The number of hydrogen-bond acceptors (Lipinski definition) is 4. The first-order valence-corrected chi connectivity index (χ1v) is 8.33. The summed E-state index contributed by atoms with van der Waals surface area (Å²) in [6, 6.07) is 7.58. The molecule has 0 radical (unpaired) electrons. The molecule has 1 saturated heterocycles. The van der Waals surface area contributed by atoms with E-state index in [1.54, 1.807) is 6.07 Å². The van der Waals surface area contributed by atoms with Crippen LogP contribution in [-0.2, 0) is 11.4 Å². The third kappa shape index (κ3) is 3.55. The Balaban J connectivity index is 1.56. The van der Waals surface area contributed by atoms with Gasteiger partial charge in [-0.15, -0.1) is 0 Å². The highest BCUT2D eigenvalue weighted by Gasteiger charge is 2.42. The van der Waals surface area contributed by atoms with Gasteiger partial charge in [-0.05, 0) is 23.6 Å². The lowest BCUT2D eigenvalue weighted by molar-refractivity contribution is -0.0627. The van der Waals surface area contributed by atoms with Gasteiger partial charge < -0.3 is 10.6 Å². The molecule has 0 saturated carbocycles. The van der Waals surface area contributed by atoms with Gasteiger partial charge in [-0.25, -0.2) is 0 Å². The van der Waals surface area contributed by atoms with Crippen molar-refractivity contribution in [3.8, 4) is 0 Å². The number of primary amides is 1. The Hall–Kier alpha value is -1.88. The minimum Gasteiger partial charge on any atom is -0.389 e. The molecule has 0 unspecified atom stereocenters. The molecule has 5 nitrogen and oxygen atoms in total. The van der Waals surface area contributed by atoms with Gasteiger partial charge in [0.25, 0.3) is 0 Å². The lowest BCUT2D eigenvalue weighted by atomic mass is 9.84. The Morgan fingerprint density at radius 1 is 1.39 bits per heavy atom. The van der Waals surface area contributed by atoms with Crippen molar-refractivity contribution < 1.29 is 9.63 Å². The molecule has 1 amide bonds. The van der Waals surface area contributed by atoms with Crippen molar-refractivity contribution in [2.75, 3.05) is 13.1 Å². The molecule has 23 heavy (non-hydrogen) atoms. The van der Waals surface area contributed by atoms with Crippen LogP contribution in [0, 0.1) is 5.92 Å². The van der Waals surface area contributed by atoms with Gasteiger partial charge in [0.15, 0.2) is 0 Å². The third-order valence-corrected chi connectivity index (χ3v) is 4.91. The Morgan fingerprint density at radius 2 is 2.13 bits per heavy atom. The number of carbonyl (C=O) groups is 1. The summed E-state index contributed by atoms with van der Waals surface area (Å²) in [4.78, 5) is 19.5. The summed E-state index contributed by atoms with van der Waals surface area (Å²) in [5, 5.41) is 4.30. The van der Waals surface area contributed by atoms with Crippen LogP contribution in [0.5, 0.6) is 0 Å². The van der Waals surface area contributed by atoms with Gasteiger partial charge in [0, 0.05) is 44.5 Å². The van der Waals surface area contributed by atoms with Crippen molar-refractivity contribution in [1.29, 1.82) is 0 Å². The molecule has 1 aromatic rings. The van der Waals surface area contributed by atoms with Crippen LogP contribution < -0.4 is 5.73 Å². The lowest BCUT2D eigenvalue weighted by Gasteiger charge is -2.37. The van der Waals surface area contributed by atoms with E-state index in [-0.39, 0.29) is 11.5 Å². The van der Waals surface area contributed by atoms with Crippen LogP contribution in [0.1, 0.15) is 49.0 Å². The zero-order valence-electron chi connectivity index (χ0n) is 13.9. The second-order valence-corrected chi connectivity index (χ2v) is 7.03. The highest BCUT2D eigenvalue weighted by molar-refractivity contribution is 5.92. The van der Waals surface area contributed by atoms with Crippen molar-refractivity contribution in [2.45, 2.75) is 45.3 Å². The summed E-state index contributed by atoms with van der Waals surface area (Å²) in [7, 11) is 0. The Labute approximate surface area is 137 Å². The van der Waals surface area contributed by atoms with Crippen molar-refractivity contribution in [2.24, 2.45) is 16.8 Å². The Morgan fingerprint density at radius 3 is 2.74 bits per heavy atom. The molecule has 0 aromatic heterocycles. The standard InChI is InChI=1S/C18H25N3O2/c1-13(2)16-11-18(23-20-16)6-8-21(9-7-18)12-14-4-3-5-15(10-14)17(19)22/h3-5,10,13H,6-9,11-12H2,1-2H3,(H2,19,22). The maximum Gasteiger partial charge on any atom is 0.248 e. The number of carbonyl (C=O) groups excluding carboxylic acids is 1. The summed E-state index contributed by atoms with van der Waals surface area (Å²) in [6.45, 7) is 7.16. The molecule has 124 valence electrons. The Kier molecular flexibility index (Phi) is 4.39. The van der Waals surface area contributed by atoms with Gasteiger partial charge in [0.1, 0.15) is 5.60 Å². The molecule has 1 fully saturated rings. The van der Waals surface area contributed by atoms with E-state index in [0.717, 1.165) is 44.5 Å². The molecule has 0 bridgehead atoms. The summed E-state index contributed by atoms with van der Waals surface area (Å²) in [5.41, 5.74) is 8.16. The van der Waals surface area contributed by atoms with E-state index in [4.69, 9.17) is 10.6 Å². The first kappa shape index (κ1) is 16.0. The van der Waals surface area contributed by atoms with Gasteiger partial charge in [0.2, 0.25) is 5.91 Å². The van der Waals surface area contributed by atoms with E-state index in [1.807, 2.05) is 18.2 Å². The van der Waals surface area contributed by atoms with Gasteiger partial charge in [-0.3, -0.25) is 9.69 Å². The van der Waals surface area contributed by atoms with Crippen LogP contribution in [0.3, 0.4) is 0 Å². The molecule has 2 aliphatic rings. The van der Waals surface area contributed by atoms with Crippen LogP contribution in [0.4, 0.5) is 0 Å². The van der Waals surface area contributed by atoms with E-state index >= 15 is 0 Å². The van der Waals surface area contributed by atoms with Crippen LogP contribution >= 0.6 is 0 Å². The average Bonchev–Trinajstić information content (AvgIpc) is 2.94. The van der Waals surface area contributed by atoms with Gasteiger partial charge in [-0.2, -0.15) is 0 Å². The highest BCUT2D eigenvalue weighted by atomic mass is 16.7. The SMILES string of the molecule is CC(C)C1=NOC2(CCN(Cc3cccc(C(N)=O)c3)CC2)C1. The van der Waals surface area contributed by atoms with E-state index < -0.39 is 0 Å². The first-order chi connectivity index (χ1) is 11.0. The summed E-state index contributed by atoms with van der Waals surface area (Å²) in [5.74, 6) is 0.0890. The van der Waals surface area contributed by atoms with Crippen molar-refractivity contribution in [1.82, 2.24) is 4.90 Å². The number of benzene rings is 1. The average molecular weight is 315 g/mol. The predicted molar refractivity (Wildman–Crippen MR) is 90.2 cm³/mol. The molecule has 0 aliphatic carbocycles. The third-order valence-electron chi connectivity index (χ3n) is 4.91. The number of amides is 1. The summed E-state index contributed by atoms with van der Waals surface area (Å²) >= 11 is 0. The molecular weight excluding hydrogens is 290 g/mol. The lowest BCUT2D eigenvalue weighted by Crippen LogP contribution is -2.44. The minimum absolute atomic E-state index is 0.0782. The molecule has 1 aromatic carbocycles. The monoisotopic (exact) mass is 315 g/mol. The zero-order chi connectivity index (χ0) is 16.4. The molecule has 3 rings (SSSR count). The topological polar surface area (TPSA) is 67.9 Å². The second kappa shape index (κ2) is 6.32. The largest absolute Gasteiger partial charge is 0.389 e. The van der Waals surface area contributed by atoms with Gasteiger partial charge in [0.05, 0.1) is 5.71 Å². The van der Waals surface area contributed by atoms with Crippen molar-refractivity contribution >= 4 is 11.6 Å². The normalized spacial score (nSPS) is 20.6. The van der Waals surface area contributed by atoms with Crippen molar-refractivity contribution in [3.63, 3.8) is 0 Å². The zero-order valence-corrected chi connectivity index (χ0v) is 13.9. The van der Waals surface area contributed by atoms with Crippen LogP contribution in [0.15, 0.2) is 29.4 Å². The van der Waals surface area contributed by atoms with E-state index in [0.29, 0.717) is 11.5 Å². The molecule has 2 aliphatic heterocycles. The smallest absolute Gasteiger partial charge is 0.248 e. The quantitative estimate of drug-likeness (QED) is 0.928. The predicted octanol–water partition coefficient (Wildman–Crippen LogP) is 2.55. The van der Waals surface area contributed by atoms with Gasteiger partial charge in [-0.1, -0.05) is 31.1 Å². The number of rotatable bonds is 4. The molecule has 0 atom stereocenters. The molecule has 5 heteroatoms. The molecule has 2 heterocycles. The summed E-state index contributed by atoms with van der Waals surface area (Å²) in [6.07, 6.45) is 2.97. The molecular formula is C18H25N3O2. The van der Waals surface area contributed by atoms with Crippen LogP contribution in [0.2, 0.25) is 0 Å². The molecule has 2 N–H and O–H groups in total. The number of nitrogens with zero attached hydrogens (tertiary/aromatic N) is 2. The Bertz CT molecular complexity index is 616. The van der Waals surface area contributed by atoms with E-state index in [1.165, 1.54) is 5.71 Å². The number of oxime groups is 1. The maximum atomic E-state index is 11.3. The first-order valence-electron chi connectivity index (χ1n) is 8.33. The molecule has 1 spiro atoms. The minimum atomic E-state index is -0.373. The van der Waals surface area contributed by atoms with E-state index in [2.05, 4.69) is 23.9 Å². The van der Waals surface area contributed by atoms with Crippen LogP contribution in [-0.4, -0.2) is 35.2 Å². The fourth-order valence-corrected chi connectivity index (χ4v) is 3.33. The van der Waals surface area contributed by atoms with Gasteiger partial charge >= 0.3 is 0 Å². The van der Waals surface area contributed by atoms with E-state index in [9.17, 15) is 4.79 Å². The van der Waals surface area contributed by atoms with Crippen LogP contribution in [0.25, 0.3) is 0 Å². The fraction of sp³-hybridized carbons (Fsp3) is 0.556. The highest BCUT2D eigenvalue weighted by Crippen LogP contribution is 2.36. The number of hydrogen-bond donors (Lipinski definition) is 1. The van der Waals surface area contributed by atoms with Crippen molar-refractivity contribution in [3.05, 3.63) is 35.4 Å². The maximum absolute atomic E-state index is 11.3. The number of piperidine rings is 1. The number of likely N-dealkylation sites (tertiary alicyclic amines) is 1.